The van der Waals surface area contributed by atoms with Crippen molar-refractivity contribution < 1.29 is 8.78 Å². The van der Waals surface area contributed by atoms with Gasteiger partial charge in [-0.15, -0.1) is 0 Å². The Morgan fingerprint density at radius 1 is 1.36 bits per heavy atom. The Labute approximate surface area is 88.6 Å². The molecule has 1 aromatic rings. The standard InChI is InChI=1S/C9H9BrF2N2/c10-7-2-5(11)1-6(8(7)12)9(13)3-14-4-9/h1-2,14H,3-4,13H2. The molecule has 0 aliphatic carbocycles. The zero-order valence-electron chi connectivity index (χ0n) is 7.28. The van der Waals surface area contributed by atoms with E-state index in [0.29, 0.717) is 13.1 Å². The maximum Gasteiger partial charge on any atom is 0.142 e. The molecule has 0 amide bonds. The number of nitrogens with two attached hydrogens (primary N) is 1. The highest BCUT2D eigenvalue weighted by atomic mass is 79.9. The molecule has 0 atom stereocenters. The molecule has 0 radical (unpaired) electrons. The van der Waals surface area contributed by atoms with Gasteiger partial charge in [0.25, 0.3) is 0 Å². The van der Waals surface area contributed by atoms with E-state index < -0.39 is 17.2 Å². The molecule has 14 heavy (non-hydrogen) atoms. The van der Waals surface area contributed by atoms with Crippen LogP contribution in [-0.2, 0) is 5.54 Å². The first-order valence-electron chi connectivity index (χ1n) is 4.17. The molecular weight excluding hydrogens is 254 g/mol. The Bertz CT molecular complexity index is 377. The molecule has 0 spiro atoms. The van der Waals surface area contributed by atoms with Crippen LogP contribution in [0.15, 0.2) is 16.6 Å². The highest BCUT2D eigenvalue weighted by Crippen LogP contribution is 2.30. The Balaban J connectivity index is 2.51. The van der Waals surface area contributed by atoms with Gasteiger partial charge in [-0.3, -0.25) is 0 Å². The number of nitrogens with one attached hydrogen (secondary N) is 1. The van der Waals surface area contributed by atoms with E-state index in [-0.39, 0.29) is 10.0 Å². The first-order valence-corrected chi connectivity index (χ1v) is 4.97. The molecule has 1 aliphatic heterocycles. The summed E-state index contributed by atoms with van der Waals surface area (Å²) in [6, 6.07) is 2.25. The minimum Gasteiger partial charge on any atom is -0.319 e. The van der Waals surface area contributed by atoms with Gasteiger partial charge in [0.05, 0.1) is 10.0 Å². The van der Waals surface area contributed by atoms with E-state index in [4.69, 9.17) is 5.73 Å². The first kappa shape index (κ1) is 10.0. The molecule has 0 aromatic heterocycles. The smallest absolute Gasteiger partial charge is 0.142 e. The van der Waals surface area contributed by atoms with Crippen LogP contribution in [0.2, 0.25) is 0 Å². The summed E-state index contributed by atoms with van der Waals surface area (Å²) in [6.07, 6.45) is 0. The first-order chi connectivity index (χ1) is 6.53. The van der Waals surface area contributed by atoms with Gasteiger partial charge in [-0.1, -0.05) is 0 Å². The van der Waals surface area contributed by atoms with Crippen molar-refractivity contribution in [3.63, 3.8) is 0 Å². The fourth-order valence-corrected chi connectivity index (χ4v) is 1.94. The fraction of sp³-hybridized carbons (Fsp3) is 0.333. The predicted octanol–water partition coefficient (Wildman–Crippen LogP) is 1.48. The van der Waals surface area contributed by atoms with E-state index >= 15 is 0 Å². The highest BCUT2D eigenvalue weighted by Gasteiger charge is 2.37. The highest BCUT2D eigenvalue weighted by molar-refractivity contribution is 9.10. The number of hydrogen-bond acceptors (Lipinski definition) is 2. The van der Waals surface area contributed by atoms with Crippen molar-refractivity contribution in [2.75, 3.05) is 13.1 Å². The number of benzene rings is 1. The molecule has 1 aliphatic rings. The summed E-state index contributed by atoms with van der Waals surface area (Å²) in [6.45, 7) is 0.944. The molecule has 0 saturated carbocycles. The second kappa shape index (κ2) is 3.25. The summed E-state index contributed by atoms with van der Waals surface area (Å²) >= 11 is 2.95. The minimum atomic E-state index is -0.769. The molecule has 1 aromatic carbocycles. The molecule has 76 valence electrons. The number of halogens is 3. The van der Waals surface area contributed by atoms with Crippen molar-refractivity contribution >= 4 is 15.9 Å². The van der Waals surface area contributed by atoms with Gasteiger partial charge in [-0.25, -0.2) is 8.78 Å². The summed E-state index contributed by atoms with van der Waals surface area (Å²) in [5.41, 5.74) is 5.33. The lowest BCUT2D eigenvalue weighted by Gasteiger charge is -2.39. The lowest BCUT2D eigenvalue weighted by molar-refractivity contribution is 0.276. The van der Waals surface area contributed by atoms with E-state index in [1.165, 1.54) is 0 Å². The zero-order valence-corrected chi connectivity index (χ0v) is 8.87. The molecule has 0 bridgehead atoms. The van der Waals surface area contributed by atoms with E-state index in [1.807, 2.05) is 0 Å². The van der Waals surface area contributed by atoms with Gasteiger partial charge in [0.15, 0.2) is 0 Å². The van der Waals surface area contributed by atoms with E-state index in [1.54, 1.807) is 0 Å². The van der Waals surface area contributed by atoms with E-state index in [2.05, 4.69) is 21.2 Å². The number of rotatable bonds is 1. The van der Waals surface area contributed by atoms with Crippen LogP contribution in [0.1, 0.15) is 5.56 Å². The third-order valence-electron chi connectivity index (χ3n) is 2.41. The second-order valence-corrected chi connectivity index (χ2v) is 4.36. The lowest BCUT2D eigenvalue weighted by Crippen LogP contribution is -2.63. The molecule has 2 nitrogen and oxygen atoms in total. The topological polar surface area (TPSA) is 38.0 Å². The molecule has 5 heteroatoms. The maximum atomic E-state index is 13.6. The Morgan fingerprint density at radius 2 is 2.00 bits per heavy atom. The van der Waals surface area contributed by atoms with Gasteiger partial charge in [-0.2, -0.15) is 0 Å². The van der Waals surface area contributed by atoms with Gasteiger partial charge in [0.1, 0.15) is 11.6 Å². The van der Waals surface area contributed by atoms with Crippen molar-refractivity contribution in [3.8, 4) is 0 Å². The third kappa shape index (κ3) is 1.45. The molecule has 1 saturated heterocycles. The van der Waals surface area contributed by atoms with Crippen molar-refractivity contribution in [3.05, 3.63) is 33.8 Å². The zero-order chi connectivity index (χ0) is 10.3. The van der Waals surface area contributed by atoms with Gasteiger partial charge >= 0.3 is 0 Å². The largest absolute Gasteiger partial charge is 0.319 e. The van der Waals surface area contributed by atoms with Crippen molar-refractivity contribution in [1.82, 2.24) is 5.32 Å². The van der Waals surface area contributed by atoms with Crippen LogP contribution in [0.3, 0.4) is 0 Å². The normalized spacial score (nSPS) is 19.1. The second-order valence-electron chi connectivity index (χ2n) is 3.51. The van der Waals surface area contributed by atoms with Gasteiger partial charge in [0, 0.05) is 18.7 Å². The summed E-state index contributed by atoms with van der Waals surface area (Å²) in [5, 5.41) is 2.94. The molecule has 1 fully saturated rings. The maximum absolute atomic E-state index is 13.6. The van der Waals surface area contributed by atoms with Crippen molar-refractivity contribution in [2.24, 2.45) is 5.73 Å². The van der Waals surface area contributed by atoms with Crippen LogP contribution in [0.5, 0.6) is 0 Å². The SMILES string of the molecule is NC1(c2cc(F)cc(Br)c2F)CNC1. The Morgan fingerprint density at radius 3 is 2.50 bits per heavy atom. The van der Waals surface area contributed by atoms with Gasteiger partial charge in [-0.05, 0) is 28.1 Å². The third-order valence-corrected chi connectivity index (χ3v) is 2.99. The van der Waals surface area contributed by atoms with Gasteiger partial charge in [0.2, 0.25) is 0 Å². The van der Waals surface area contributed by atoms with Crippen molar-refractivity contribution in [1.29, 1.82) is 0 Å². The minimum absolute atomic E-state index is 0.115. The van der Waals surface area contributed by atoms with Crippen molar-refractivity contribution in [2.45, 2.75) is 5.54 Å². The van der Waals surface area contributed by atoms with Crippen LogP contribution in [-0.4, -0.2) is 13.1 Å². The van der Waals surface area contributed by atoms with E-state index in [0.717, 1.165) is 12.1 Å². The average Bonchev–Trinajstić information content (AvgIpc) is 2.07. The summed E-state index contributed by atoms with van der Waals surface area (Å²) in [7, 11) is 0. The molecule has 3 N–H and O–H groups in total. The van der Waals surface area contributed by atoms with Crippen LogP contribution < -0.4 is 11.1 Å². The fourth-order valence-electron chi connectivity index (χ4n) is 1.50. The van der Waals surface area contributed by atoms with E-state index in [9.17, 15) is 8.78 Å². The summed E-state index contributed by atoms with van der Waals surface area (Å²) in [5.74, 6) is -0.958. The van der Waals surface area contributed by atoms with Gasteiger partial charge < -0.3 is 11.1 Å². The van der Waals surface area contributed by atoms with Crippen LogP contribution in [0, 0.1) is 11.6 Å². The molecular formula is C9H9BrF2N2. The Hall–Kier alpha value is -0.520. The van der Waals surface area contributed by atoms with Crippen LogP contribution >= 0.6 is 15.9 Å². The summed E-state index contributed by atoms with van der Waals surface area (Å²) < 4.78 is 26.7. The van der Waals surface area contributed by atoms with Crippen LogP contribution in [0.25, 0.3) is 0 Å². The predicted molar refractivity (Wildman–Crippen MR) is 52.8 cm³/mol. The molecule has 2 rings (SSSR count). The lowest BCUT2D eigenvalue weighted by atomic mass is 9.85. The molecule has 0 unspecified atom stereocenters. The monoisotopic (exact) mass is 262 g/mol. The quantitative estimate of drug-likeness (QED) is 0.753. The molecule has 1 heterocycles. The Kier molecular flexibility index (Phi) is 2.33. The van der Waals surface area contributed by atoms with Crippen LogP contribution in [0.4, 0.5) is 8.78 Å². The summed E-state index contributed by atoms with van der Waals surface area (Å²) in [4.78, 5) is 0. The average molecular weight is 263 g/mol. The number of hydrogen-bond donors (Lipinski definition) is 2.